The molecule has 4 heterocycles. The Morgan fingerprint density at radius 3 is 2.63 bits per heavy atom. The van der Waals surface area contributed by atoms with Crippen LogP contribution < -0.4 is 5.32 Å². The molecule has 5 rings (SSSR count). The van der Waals surface area contributed by atoms with Gasteiger partial charge in [-0.25, -0.2) is 8.78 Å². The van der Waals surface area contributed by atoms with Crippen molar-refractivity contribution in [2.75, 3.05) is 26.7 Å². The summed E-state index contributed by atoms with van der Waals surface area (Å²) >= 11 is 0. The lowest BCUT2D eigenvalue weighted by atomic mass is 9.84. The van der Waals surface area contributed by atoms with Crippen LogP contribution in [0, 0.1) is 11.6 Å². The molecular weight excluding hydrogens is 452 g/mol. The minimum atomic E-state index is -0.660. The standard InChI is InChI=1S/C26H27F2N5O2/c1-32-8-3-5-23(32)25(34)31-22-15-33(9-6-20(22)17-10-18(27)12-19(28)11-17)26(35)21-14-29-13-16-4-2-7-30-24(16)21/h2,4,7,10-14,20,22-23H,3,5-6,8-9,15H2,1H3,(H,31,34)/t20-,22+,23+/m0/s1. The summed E-state index contributed by atoms with van der Waals surface area (Å²) in [4.78, 5) is 38.9. The molecule has 9 heteroatoms. The third-order valence-corrected chi connectivity index (χ3v) is 7.11. The molecule has 182 valence electrons. The first-order valence-corrected chi connectivity index (χ1v) is 11.9. The molecule has 2 aliphatic heterocycles. The molecule has 1 N–H and O–H groups in total. The topological polar surface area (TPSA) is 78.4 Å². The predicted octanol–water partition coefficient (Wildman–Crippen LogP) is 3.12. The van der Waals surface area contributed by atoms with Crippen molar-refractivity contribution in [1.29, 1.82) is 0 Å². The molecule has 0 saturated carbocycles. The van der Waals surface area contributed by atoms with Crippen LogP contribution >= 0.6 is 0 Å². The fraction of sp³-hybridized carbons (Fsp3) is 0.385. The number of amides is 2. The number of carbonyl (C=O) groups excluding carboxylic acids is 2. The SMILES string of the molecule is CN1CCC[C@@H]1C(=O)N[C@@H]1CN(C(=O)c2cncc3cccnc23)CC[C@H]1c1cc(F)cc(F)c1. The number of piperidine rings is 1. The second-order valence-electron chi connectivity index (χ2n) is 9.37. The molecule has 2 amide bonds. The predicted molar refractivity (Wildman–Crippen MR) is 127 cm³/mol. The van der Waals surface area contributed by atoms with E-state index in [2.05, 4.69) is 15.3 Å². The average molecular weight is 480 g/mol. The van der Waals surface area contributed by atoms with E-state index in [1.165, 1.54) is 18.3 Å². The zero-order valence-corrected chi connectivity index (χ0v) is 19.5. The first-order valence-electron chi connectivity index (χ1n) is 11.9. The van der Waals surface area contributed by atoms with Crippen LogP contribution in [0.2, 0.25) is 0 Å². The molecule has 35 heavy (non-hydrogen) atoms. The van der Waals surface area contributed by atoms with Gasteiger partial charge in [0.2, 0.25) is 5.91 Å². The number of benzene rings is 1. The minimum Gasteiger partial charge on any atom is -0.350 e. The van der Waals surface area contributed by atoms with Crippen molar-refractivity contribution in [3.05, 3.63) is 71.7 Å². The first kappa shape index (κ1) is 23.3. The van der Waals surface area contributed by atoms with Gasteiger partial charge in [0.25, 0.3) is 5.91 Å². The van der Waals surface area contributed by atoms with E-state index >= 15 is 0 Å². The van der Waals surface area contributed by atoms with E-state index in [-0.39, 0.29) is 30.3 Å². The maximum Gasteiger partial charge on any atom is 0.257 e. The van der Waals surface area contributed by atoms with Crippen LogP contribution in [-0.2, 0) is 4.79 Å². The molecular formula is C26H27F2N5O2. The van der Waals surface area contributed by atoms with Gasteiger partial charge in [0.15, 0.2) is 0 Å². The third kappa shape index (κ3) is 4.73. The molecule has 2 saturated heterocycles. The number of likely N-dealkylation sites (tertiary alicyclic amines) is 2. The summed E-state index contributed by atoms with van der Waals surface area (Å²) in [7, 11) is 1.91. The normalized spacial score (nSPS) is 22.9. The Hall–Kier alpha value is -3.46. The van der Waals surface area contributed by atoms with Gasteiger partial charge in [-0.15, -0.1) is 0 Å². The van der Waals surface area contributed by atoms with Gasteiger partial charge in [-0.2, -0.15) is 0 Å². The second-order valence-corrected chi connectivity index (χ2v) is 9.37. The van der Waals surface area contributed by atoms with E-state index in [1.54, 1.807) is 23.4 Å². The van der Waals surface area contributed by atoms with Gasteiger partial charge in [-0.1, -0.05) is 0 Å². The van der Waals surface area contributed by atoms with Gasteiger partial charge in [0, 0.05) is 49.1 Å². The van der Waals surface area contributed by atoms with Gasteiger partial charge < -0.3 is 10.2 Å². The van der Waals surface area contributed by atoms with Crippen LogP contribution in [0.1, 0.15) is 41.1 Å². The van der Waals surface area contributed by atoms with Crippen LogP contribution in [0.3, 0.4) is 0 Å². The number of carbonyl (C=O) groups is 2. The molecule has 7 nitrogen and oxygen atoms in total. The highest BCUT2D eigenvalue weighted by Gasteiger charge is 2.37. The van der Waals surface area contributed by atoms with E-state index in [0.717, 1.165) is 30.8 Å². The lowest BCUT2D eigenvalue weighted by Gasteiger charge is -2.40. The molecule has 2 aliphatic rings. The lowest BCUT2D eigenvalue weighted by molar-refractivity contribution is -0.126. The number of hydrogen-bond donors (Lipinski definition) is 1. The Kier molecular flexibility index (Phi) is 6.42. The summed E-state index contributed by atoms with van der Waals surface area (Å²) in [6.45, 7) is 1.43. The Morgan fingerprint density at radius 2 is 1.89 bits per heavy atom. The Labute approximate surface area is 202 Å². The van der Waals surface area contributed by atoms with Crippen LogP contribution in [0.5, 0.6) is 0 Å². The molecule has 0 radical (unpaired) electrons. The number of rotatable bonds is 4. The van der Waals surface area contributed by atoms with E-state index in [1.807, 2.05) is 18.0 Å². The van der Waals surface area contributed by atoms with Crippen molar-refractivity contribution >= 4 is 22.7 Å². The molecule has 3 aromatic rings. The van der Waals surface area contributed by atoms with Crippen molar-refractivity contribution in [2.45, 2.75) is 37.3 Å². The summed E-state index contributed by atoms with van der Waals surface area (Å²) in [6, 6.07) is 6.34. The molecule has 1 aromatic carbocycles. The average Bonchev–Trinajstić information content (AvgIpc) is 3.28. The second kappa shape index (κ2) is 9.65. The van der Waals surface area contributed by atoms with Crippen molar-refractivity contribution in [1.82, 2.24) is 25.1 Å². The van der Waals surface area contributed by atoms with Gasteiger partial charge in [-0.3, -0.25) is 24.5 Å². The zero-order chi connectivity index (χ0) is 24.5. The van der Waals surface area contributed by atoms with Crippen LogP contribution in [0.25, 0.3) is 10.9 Å². The quantitative estimate of drug-likeness (QED) is 0.622. The number of hydrogen-bond acceptors (Lipinski definition) is 5. The van der Waals surface area contributed by atoms with Crippen molar-refractivity contribution in [3.8, 4) is 0 Å². The van der Waals surface area contributed by atoms with Crippen molar-refractivity contribution in [2.24, 2.45) is 0 Å². The smallest absolute Gasteiger partial charge is 0.257 e. The third-order valence-electron chi connectivity index (χ3n) is 7.11. The van der Waals surface area contributed by atoms with Gasteiger partial charge in [0.05, 0.1) is 23.2 Å². The monoisotopic (exact) mass is 479 g/mol. The maximum absolute atomic E-state index is 14.0. The molecule has 0 aliphatic carbocycles. The van der Waals surface area contributed by atoms with Crippen LogP contribution in [0.15, 0.2) is 48.9 Å². The van der Waals surface area contributed by atoms with Crippen LogP contribution in [-0.4, -0.2) is 70.3 Å². The zero-order valence-electron chi connectivity index (χ0n) is 19.5. The van der Waals surface area contributed by atoms with Gasteiger partial charge in [-0.05, 0) is 62.7 Å². The fourth-order valence-electron chi connectivity index (χ4n) is 5.32. The minimum absolute atomic E-state index is 0.125. The molecule has 0 bridgehead atoms. The number of aromatic nitrogens is 2. The Morgan fingerprint density at radius 1 is 1.09 bits per heavy atom. The number of likely N-dealkylation sites (N-methyl/N-ethyl adjacent to an activating group) is 1. The highest BCUT2D eigenvalue weighted by Crippen LogP contribution is 2.31. The number of pyridine rings is 2. The van der Waals surface area contributed by atoms with Crippen LogP contribution in [0.4, 0.5) is 8.78 Å². The molecule has 0 spiro atoms. The summed E-state index contributed by atoms with van der Waals surface area (Å²) in [5.41, 5.74) is 1.43. The Balaban J connectivity index is 1.43. The van der Waals surface area contributed by atoms with Crippen molar-refractivity contribution in [3.63, 3.8) is 0 Å². The largest absolute Gasteiger partial charge is 0.350 e. The van der Waals surface area contributed by atoms with Gasteiger partial charge >= 0.3 is 0 Å². The van der Waals surface area contributed by atoms with Gasteiger partial charge in [0.1, 0.15) is 11.6 Å². The van der Waals surface area contributed by atoms with E-state index in [9.17, 15) is 18.4 Å². The number of nitrogens with zero attached hydrogens (tertiary/aromatic N) is 4. The summed E-state index contributed by atoms with van der Waals surface area (Å²) < 4.78 is 28.1. The van der Waals surface area contributed by atoms with E-state index in [0.29, 0.717) is 29.6 Å². The molecule has 3 atom stereocenters. The summed E-state index contributed by atoms with van der Waals surface area (Å²) in [5.74, 6) is -2.01. The molecule has 0 unspecified atom stereocenters. The van der Waals surface area contributed by atoms with E-state index < -0.39 is 17.7 Å². The maximum atomic E-state index is 14.0. The number of halogens is 2. The first-order chi connectivity index (χ1) is 16.9. The summed E-state index contributed by atoms with van der Waals surface area (Å²) in [5, 5.41) is 3.86. The summed E-state index contributed by atoms with van der Waals surface area (Å²) in [6.07, 6.45) is 6.93. The number of fused-ring (bicyclic) bond motifs is 1. The molecule has 2 aromatic heterocycles. The highest BCUT2D eigenvalue weighted by atomic mass is 19.1. The molecule has 2 fully saturated rings. The number of nitrogens with one attached hydrogen (secondary N) is 1. The van der Waals surface area contributed by atoms with Crippen molar-refractivity contribution < 1.29 is 18.4 Å². The lowest BCUT2D eigenvalue weighted by Crippen LogP contribution is -2.56. The van der Waals surface area contributed by atoms with E-state index in [4.69, 9.17) is 0 Å². The highest BCUT2D eigenvalue weighted by molar-refractivity contribution is 6.05. The fourth-order valence-corrected chi connectivity index (χ4v) is 5.32. The Bertz CT molecular complexity index is 1240.